The summed E-state index contributed by atoms with van der Waals surface area (Å²) in [6.07, 6.45) is 2.26. The van der Waals surface area contributed by atoms with Crippen molar-refractivity contribution >= 4 is 5.69 Å². The van der Waals surface area contributed by atoms with Crippen LogP contribution in [0.1, 0.15) is 24.3 Å². The predicted molar refractivity (Wildman–Crippen MR) is 75.0 cm³/mol. The van der Waals surface area contributed by atoms with Crippen molar-refractivity contribution in [2.75, 3.05) is 5.73 Å². The van der Waals surface area contributed by atoms with E-state index in [1.165, 1.54) is 5.56 Å². The van der Waals surface area contributed by atoms with Crippen LogP contribution in [0.4, 0.5) is 5.69 Å². The molecule has 0 saturated heterocycles. The maximum atomic E-state index is 5.69. The van der Waals surface area contributed by atoms with Crippen molar-refractivity contribution in [3.8, 4) is 11.6 Å². The van der Waals surface area contributed by atoms with Gasteiger partial charge in [0.15, 0.2) is 5.76 Å². The molecule has 0 amide bonds. The van der Waals surface area contributed by atoms with Gasteiger partial charge in [0.25, 0.3) is 0 Å². The number of furan rings is 1. The molecule has 1 atom stereocenters. The number of rotatable bonds is 4. The van der Waals surface area contributed by atoms with Crippen molar-refractivity contribution in [2.45, 2.75) is 19.3 Å². The average molecular weight is 269 g/mol. The molecule has 0 aliphatic heterocycles. The van der Waals surface area contributed by atoms with Crippen LogP contribution in [-0.2, 0) is 6.42 Å². The molecule has 3 rings (SSSR count). The Morgan fingerprint density at radius 3 is 2.70 bits per heavy atom. The fraction of sp³-hybridized carbons (Fsp3) is 0.200. The summed E-state index contributed by atoms with van der Waals surface area (Å²) >= 11 is 0. The molecule has 3 aromatic rings. The lowest BCUT2D eigenvalue weighted by molar-refractivity contribution is 0.371. The van der Waals surface area contributed by atoms with Crippen LogP contribution in [0, 0.1) is 0 Å². The zero-order valence-corrected chi connectivity index (χ0v) is 11.1. The van der Waals surface area contributed by atoms with E-state index >= 15 is 0 Å². The zero-order valence-electron chi connectivity index (χ0n) is 11.1. The quantitative estimate of drug-likeness (QED) is 0.735. The number of benzene rings is 1. The summed E-state index contributed by atoms with van der Waals surface area (Å²) < 4.78 is 10.5. The van der Waals surface area contributed by atoms with Gasteiger partial charge >= 0.3 is 0 Å². The Bertz CT molecular complexity index is 671. The smallest absolute Gasteiger partial charge is 0.238 e. The zero-order chi connectivity index (χ0) is 13.9. The average Bonchev–Trinajstić information content (AvgIpc) is 3.09. The molecular weight excluding hydrogens is 254 g/mol. The number of nitrogen functional groups attached to an aromatic ring is 1. The Kier molecular flexibility index (Phi) is 3.25. The molecule has 2 aromatic heterocycles. The third-order valence-electron chi connectivity index (χ3n) is 3.20. The molecule has 1 aromatic carbocycles. The highest BCUT2D eigenvalue weighted by molar-refractivity contribution is 5.44. The minimum Gasteiger partial charge on any atom is -0.461 e. The van der Waals surface area contributed by atoms with Gasteiger partial charge in [-0.05, 0) is 35.7 Å². The Labute approximate surface area is 116 Å². The lowest BCUT2D eigenvalue weighted by Gasteiger charge is -2.08. The molecule has 0 radical (unpaired) electrons. The molecule has 5 heteroatoms. The highest BCUT2D eigenvalue weighted by Crippen LogP contribution is 2.22. The normalized spacial score (nSPS) is 12.4. The number of hydrogen-bond donors (Lipinski definition) is 1. The number of nitrogens with zero attached hydrogens (tertiary/aromatic N) is 2. The van der Waals surface area contributed by atoms with Crippen LogP contribution in [0.15, 0.2) is 51.6 Å². The summed E-state index contributed by atoms with van der Waals surface area (Å²) in [5, 5.41) is 3.92. The maximum Gasteiger partial charge on any atom is 0.238 e. The van der Waals surface area contributed by atoms with E-state index in [1.807, 2.05) is 24.3 Å². The molecule has 0 aliphatic rings. The summed E-state index contributed by atoms with van der Waals surface area (Å²) in [6, 6.07) is 11.4. The SMILES string of the molecule is CC(Cc1nc(-c2ccco2)no1)c1ccc(N)cc1. The van der Waals surface area contributed by atoms with Crippen LogP contribution >= 0.6 is 0 Å². The van der Waals surface area contributed by atoms with Gasteiger partial charge in [-0.1, -0.05) is 24.2 Å². The molecular formula is C15H15N3O2. The number of anilines is 1. The summed E-state index contributed by atoms with van der Waals surface area (Å²) in [5.41, 5.74) is 7.64. The number of aromatic nitrogens is 2. The van der Waals surface area contributed by atoms with Gasteiger partial charge in [0, 0.05) is 12.1 Å². The van der Waals surface area contributed by atoms with E-state index in [9.17, 15) is 0 Å². The van der Waals surface area contributed by atoms with Crippen LogP contribution in [-0.4, -0.2) is 10.1 Å². The first-order valence-electron chi connectivity index (χ1n) is 6.44. The summed E-state index contributed by atoms with van der Waals surface area (Å²) in [6.45, 7) is 2.11. The topological polar surface area (TPSA) is 78.1 Å². The Morgan fingerprint density at radius 1 is 1.20 bits per heavy atom. The third-order valence-corrected chi connectivity index (χ3v) is 3.20. The van der Waals surface area contributed by atoms with E-state index in [2.05, 4.69) is 17.1 Å². The predicted octanol–water partition coefficient (Wildman–Crippen LogP) is 3.26. The summed E-state index contributed by atoms with van der Waals surface area (Å²) in [5.74, 6) is 1.97. The van der Waals surface area contributed by atoms with Gasteiger partial charge in [0.1, 0.15) is 0 Å². The van der Waals surface area contributed by atoms with Crippen LogP contribution < -0.4 is 5.73 Å². The summed E-state index contributed by atoms with van der Waals surface area (Å²) in [7, 11) is 0. The number of hydrogen-bond acceptors (Lipinski definition) is 5. The first kappa shape index (κ1) is 12.5. The minimum atomic E-state index is 0.278. The second kappa shape index (κ2) is 5.21. The maximum absolute atomic E-state index is 5.69. The van der Waals surface area contributed by atoms with E-state index in [0.29, 0.717) is 23.9 Å². The van der Waals surface area contributed by atoms with Crippen LogP contribution in [0.2, 0.25) is 0 Å². The third kappa shape index (κ3) is 2.56. The lowest BCUT2D eigenvalue weighted by Crippen LogP contribution is -1.99. The largest absolute Gasteiger partial charge is 0.461 e. The Morgan fingerprint density at radius 2 is 2.00 bits per heavy atom. The molecule has 0 saturated carbocycles. The molecule has 0 bridgehead atoms. The molecule has 2 heterocycles. The van der Waals surface area contributed by atoms with Gasteiger partial charge in [0.05, 0.1) is 6.26 Å². The van der Waals surface area contributed by atoms with Crippen molar-refractivity contribution in [3.05, 3.63) is 54.1 Å². The van der Waals surface area contributed by atoms with E-state index in [-0.39, 0.29) is 5.92 Å². The standard InChI is InChI=1S/C15H15N3O2/c1-10(11-4-6-12(16)7-5-11)9-14-17-15(18-20-14)13-3-2-8-19-13/h2-8,10H,9,16H2,1H3. The van der Waals surface area contributed by atoms with Crippen LogP contribution in [0.3, 0.4) is 0 Å². The molecule has 0 spiro atoms. The van der Waals surface area contributed by atoms with Gasteiger partial charge < -0.3 is 14.7 Å². The van der Waals surface area contributed by atoms with E-state index < -0.39 is 0 Å². The highest BCUT2D eigenvalue weighted by Gasteiger charge is 2.14. The van der Waals surface area contributed by atoms with E-state index in [1.54, 1.807) is 18.4 Å². The second-order valence-corrected chi connectivity index (χ2v) is 4.76. The van der Waals surface area contributed by atoms with E-state index in [0.717, 1.165) is 5.69 Å². The Balaban J connectivity index is 1.73. The van der Waals surface area contributed by atoms with Gasteiger partial charge in [-0.25, -0.2) is 0 Å². The first-order chi connectivity index (χ1) is 9.72. The van der Waals surface area contributed by atoms with Crippen molar-refractivity contribution in [2.24, 2.45) is 0 Å². The Hall–Kier alpha value is -2.56. The highest BCUT2D eigenvalue weighted by atomic mass is 16.5. The van der Waals surface area contributed by atoms with Crippen molar-refractivity contribution < 1.29 is 8.94 Å². The molecule has 102 valence electrons. The van der Waals surface area contributed by atoms with Crippen molar-refractivity contribution in [1.29, 1.82) is 0 Å². The first-order valence-corrected chi connectivity index (χ1v) is 6.44. The molecule has 0 fully saturated rings. The van der Waals surface area contributed by atoms with Gasteiger partial charge in [-0.3, -0.25) is 0 Å². The lowest BCUT2D eigenvalue weighted by atomic mass is 9.98. The van der Waals surface area contributed by atoms with E-state index in [4.69, 9.17) is 14.7 Å². The fourth-order valence-electron chi connectivity index (χ4n) is 2.05. The molecule has 0 aliphatic carbocycles. The van der Waals surface area contributed by atoms with Crippen LogP contribution in [0.25, 0.3) is 11.6 Å². The molecule has 2 N–H and O–H groups in total. The van der Waals surface area contributed by atoms with Gasteiger partial charge in [0.2, 0.25) is 11.7 Å². The minimum absolute atomic E-state index is 0.278. The molecule has 20 heavy (non-hydrogen) atoms. The fourth-order valence-corrected chi connectivity index (χ4v) is 2.05. The van der Waals surface area contributed by atoms with Gasteiger partial charge in [-0.15, -0.1) is 0 Å². The van der Waals surface area contributed by atoms with Crippen molar-refractivity contribution in [3.63, 3.8) is 0 Å². The molecule has 5 nitrogen and oxygen atoms in total. The molecule has 1 unspecified atom stereocenters. The van der Waals surface area contributed by atoms with Crippen LogP contribution in [0.5, 0.6) is 0 Å². The van der Waals surface area contributed by atoms with Gasteiger partial charge in [-0.2, -0.15) is 4.98 Å². The second-order valence-electron chi connectivity index (χ2n) is 4.76. The van der Waals surface area contributed by atoms with Crippen molar-refractivity contribution in [1.82, 2.24) is 10.1 Å². The number of nitrogens with two attached hydrogens (primary N) is 1. The monoisotopic (exact) mass is 269 g/mol. The summed E-state index contributed by atoms with van der Waals surface area (Å²) in [4.78, 5) is 4.34.